The van der Waals surface area contributed by atoms with Gasteiger partial charge in [0.1, 0.15) is 5.01 Å². The number of fused-ring (bicyclic) bond motifs is 1. The van der Waals surface area contributed by atoms with Gasteiger partial charge < -0.3 is 5.73 Å². The number of aryl methyl sites for hydroxylation is 1. The van der Waals surface area contributed by atoms with Crippen molar-refractivity contribution in [3.05, 3.63) is 46.2 Å². The summed E-state index contributed by atoms with van der Waals surface area (Å²) in [5.41, 5.74) is 7.81. The molecule has 6 heteroatoms. The molecule has 22 heavy (non-hydrogen) atoms. The number of carbonyl (C=O) groups is 1. The second-order valence-corrected chi connectivity index (χ2v) is 6.55. The van der Waals surface area contributed by atoms with Crippen molar-refractivity contribution in [1.29, 1.82) is 0 Å². The smallest absolute Gasteiger partial charge is 0.218 e. The highest BCUT2D eigenvalue weighted by atomic mass is 32.1. The standard InChI is InChI=1S/C16H20N4OS/c17-14(21)6-9-20(11-15-18-8-10-22-15)13-5-1-3-12-4-2-7-19-16(12)13/h2,4,7-8,10,13H,1,3,5-6,9,11H2,(H2,17,21)/t13-/m0/s1. The third-order valence-electron chi connectivity index (χ3n) is 4.07. The lowest BCUT2D eigenvalue weighted by Crippen LogP contribution is -2.34. The lowest BCUT2D eigenvalue weighted by atomic mass is 9.90. The molecule has 0 spiro atoms. The Morgan fingerprint density at radius 2 is 2.32 bits per heavy atom. The summed E-state index contributed by atoms with van der Waals surface area (Å²) in [6.07, 6.45) is 7.33. The van der Waals surface area contributed by atoms with Crippen LogP contribution in [0, 0.1) is 0 Å². The number of primary amides is 1. The fourth-order valence-electron chi connectivity index (χ4n) is 3.04. The molecule has 1 atom stereocenters. The van der Waals surface area contributed by atoms with Crippen molar-refractivity contribution in [2.45, 2.75) is 38.3 Å². The van der Waals surface area contributed by atoms with Gasteiger partial charge in [0.15, 0.2) is 0 Å². The highest BCUT2D eigenvalue weighted by Crippen LogP contribution is 2.33. The molecule has 0 bridgehead atoms. The maximum atomic E-state index is 11.2. The molecule has 5 nitrogen and oxygen atoms in total. The average molecular weight is 316 g/mol. The number of amides is 1. The molecule has 0 aromatic carbocycles. The third-order valence-corrected chi connectivity index (χ3v) is 4.84. The van der Waals surface area contributed by atoms with Gasteiger partial charge >= 0.3 is 0 Å². The molecule has 0 saturated heterocycles. The number of nitrogens with two attached hydrogens (primary N) is 1. The normalized spacial score (nSPS) is 17.4. The summed E-state index contributed by atoms with van der Waals surface area (Å²) in [5.74, 6) is -0.263. The maximum absolute atomic E-state index is 11.2. The molecule has 0 aliphatic heterocycles. The molecule has 2 N–H and O–H groups in total. The summed E-state index contributed by atoms with van der Waals surface area (Å²) in [5, 5.41) is 3.04. The van der Waals surface area contributed by atoms with E-state index in [1.165, 1.54) is 5.56 Å². The van der Waals surface area contributed by atoms with Crippen LogP contribution in [0.1, 0.15) is 41.6 Å². The third kappa shape index (κ3) is 3.51. The Hall–Kier alpha value is -1.79. The topological polar surface area (TPSA) is 72.1 Å². The second kappa shape index (κ2) is 6.98. The Kier molecular flexibility index (Phi) is 4.80. The number of hydrogen-bond acceptors (Lipinski definition) is 5. The summed E-state index contributed by atoms with van der Waals surface area (Å²) in [6.45, 7) is 1.39. The minimum absolute atomic E-state index is 0.244. The minimum atomic E-state index is -0.263. The van der Waals surface area contributed by atoms with Crippen molar-refractivity contribution >= 4 is 17.2 Å². The van der Waals surface area contributed by atoms with E-state index in [2.05, 4.69) is 20.9 Å². The van der Waals surface area contributed by atoms with E-state index in [1.54, 1.807) is 11.3 Å². The first-order valence-electron chi connectivity index (χ1n) is 7.58. The predicted octanol–water partition coefficient (Wildman–Crippen LogP) is 2.29. The van der Waals surface area contributed by atoms with Gasteiger partial charge in [0.05, 0.1) is 18.3 Å². The van der Waals surface area contributed by atoms with Crippen LogP contribution in [0.15, 0.2) is 29.9 Å². The Balaban J connectivity index is 1.83. The lowest BCUT2D eigenvalue weighted by molar-refractivity contribution is -0.118. The predicted molar refractivity (Wildman–Crippen MR) is 86.3 cm³/mol. The quantitative estimate of drug-likeness (QED) is 0.887. The highest BCUT2D eigenvalue weighted by Gasteiger charge is 2.27. The number of carbonyl (C=O) groups excluding carboxylic acids is 1. The molecule has 1 aliphatic carbocycles. The maximum Gasteiger partial charge on any atom is 0.218 e. The lowest BCUT2D eigenvalue weighted by Gasteiger charge is -2.34. The molecule has 0 saturated carbocycles. The van der Waals surface area contributed by atoms with Gasteiger partial charge in [0, 0.05) is 30.7 Å². The van der Waals surface area contributed by atoms with E-state index in [1.807, 2.05) is 23.8 Å². The van der Waals surface area contributed by atoms with Crippen LogP contribution in [0.4, 0.5) is 0 Å². The van der Waals surface area contributed by atoms with Crippen LogP contribution in [0.2, 0.25) is 0 Å². The molecule has 0 radical (unpaired) electrons. The molecule has 3 rings (SSSR count). The van der Waals surface area contributed by atoms with Gasteiger partial charge in [-0.15, -0.1) is 11.3 Å². The Morgan fingerprint density at radius 3 is 3.09 bits per heavy atom. The fourth-order valence-corrected chi connectivity index (χ4v) is 3.68. The van der Waals surface area contributed by atoms with Crippen molar-refractivity contribution in [3.8, 4) is 0 Å². The van der Waals surface area contributed by atoms with Gasteiger partial charge in [-0.3, -0.25) is 14.7 Å². The minimum Gasteiger partial charge on any atom is -0.370 e. The number of nitrogens with zero attached hydrogens (tertiary/aromatic N) is 3. The first-order valence-corrected chi connectivity index (χ1v) is 8.46. The summed E-state index contributed by atoms with van der Waals surface area (Å²) in [6, 6.07) is 4.40. The van der Waals surface area contributed by atoms with E-state index >= 15 is 0 Å². The van der Waals surface area contributed by atoms with Crippen LogP contribution in [-0.2, 0) is 17.8 Å². The van der Waals surface area contributed by atoms with E-state index in [4.69, 9.17) is 5.73 Å². The molecular weight excluding hydrogens is 296 g/mol. The van der Waals surface area contributed by atoms with Gasteiger partial charge in [-0.1, -0.05) is 6.07 Å². The number of hydrogen-bond donors (Lipinski definition) is 1. The first kappa shape index (κ1) is 15.1. The number of rotatable bonds is 6. The number of pyridine rings is 1. The van der Waals surface area contributed by atoms with Gasteiger partial charge in [-0.2, -0.15) is 0 Å². The monoisotopic (exact) mass is 316 g/mol. The van der Waals surface area contributed by atoms with Crippen molar-refractivity contribution in [3.63, 3.8) is 0 Å². The molecular formula is C16H20N4OS. The van der Waals surface area contributed by atoms with Crippen LogP contribution in [0.3, 0.4) is 0 Å². The van der Waals surface area contributed by atoms with Crippen LogP contribution in [-0.4, -0.2) is 27.3 Å². The van der Waals surface area contributed by atoms with Crippen molar-refractivity contribution in [2.75, 3.05) is 6.54 Å². The molecule has 2 aromatic heterocycles. The van der Waals surface area contributed by atoms with E-state index in [0.717, 1.165) is 36.5 Å². The summed E-state index contributed by atoms with van der Waals surface area (Å²) in [4.78, 5) is 22.5. The molecule has 2 aromatic rings. The summed E-state index contributed by atoms with van der Waals surface area (Å²) in [7, 11) is 0. The van der Waals surface area contributed by atoms with Crippen LogP contribution >= 0.6 is 11.3 Å². The summed E-state index contributed by atoms with van der Waals surface area (Å²) < 4.78 is 0. The SMILES string of the molecule is NC(=O)CCN(Cc1nccs1)[C@H]1CCCc2cccnc21. The van der Waals surface area contributed by atoms with Gasteiger partial charge in [0.2, 0.25) is 5.91 Å². The fraction of sp³-hybridized carbons (Fsp3) is 0.438. The zero-order valence-electron chi connectivity index (χ0n) is 12.4. The molecule has 2 heterocycles. The molecule has 1 amide bonds. The van der Waals surface area contributed by atoms with Crippen molar-refractivity contribution < 1.29 is 4.79 Å². The van der Waals surface area contributed by atoms with Crippen LogP contribution in [0.5, 0.6) is 0 Å². The number of thiazole rings is 1. The Morgan fingerprint density at radius 1 is 1.41 bits per heavy atom. The second-order valence-electron chi connectivity index (χ2n) is 5.57. The highest BCUT2D eigenvalue weighted by molar-refractivity contribution is 7.09. The molecule has 1 aliphatic rings. The van der Waals surface area contributed by atoms with Gasteiger partial charge in [0.25, 0.3) is 0 Å². The van der Waals surface area contributed by atoms with Crippen molar-refractivity contribution in [1.82, 2.24) is 14.9 Å². The van der Waals surface area contributed by atoms with E-state index in [9.17, 15) is 4.79 Å². The number of aromatic nitrogens is 2. The van der Waals surface area contributed by atoms with Gasteiger partial charge in [-0.05, 0) is 30.9 Å². The summed E-state index contributed by atoms with van der Waals surface area (Å²) >= 11 is 1.64. The van der Waals surface area contributed by atoms with Crippen LogP contribution in [0.25, 0.3) is 0 Å². The van der Waals surface area contributed by atoms with Crippen LogP contribution < -0.4 is 5.73 Å². The van der Waals surface area contributed by atoms with E-state index < -0.39 is 0 Å². The first-order chi connectivity index (χ1) is 10.7. The Bertz CT molecular complexity index is 629. The van der Waals surface area contributed by atoms with Crippen molar-refractivity contribution in [2.24, 2.45) is 5.73 Å². The molecule has 0 fully saturated rings. The zero-order chi connectivity index (χ0) is 15.4. The van der Waals surface area contributed by atoms with E-state index in [0.29, 0.717) is 13.0 Å². The largest absolute Gasteiger partial charge is 0.370 e. The molecule has 116 valence electrons. The Labute approximate surface area is 134 Å². The van der Waals surface area contributed by atoms with Gasteiger partial charge in [-0.25, -0.2) is 4.98 Å². The average Bonchev–Trinajstić information content (AvgIpc) is 3.04. The molecule has 0 unspecified atom stereocenters. The van der Waals surface area contributed by atoms with E-state index in [-0.39, 0.29) is 11.9 Å². The zero-order valence-corrected chi connectivity index (χ0v) is 13.3.